The molecule has 0 aromatic heterocycles. The third-order valence-electron chi connectivity index (χ3n) is 19.3. The zero-order chi connectivity index (χ0) is 35.8. The Bertz CT molecular complexity index is 1020. The molecule has 306 valence electrons. The van der Waals surface area contributed by atoms with E-state index in [1.165, 1.54) is 129 Å². The van der Waals surface area contributed by atoms with Crippen molar-refractivity contribution in [2.45, 2.75) is 190 Å². The first-order valence-corrected chi connectivity index (χ1v) is 25.1. The first kappa shape index (κ1) is 38.0. The van der Waals surface area contributed by atoms with Crippen LogP contribution in [0.15, 0.2) is 0 Å². The molecule has 6 aliphatic heterocycles. The van der Waals surface area contributed by atoms with Crippen molar-refractivity contribution in [2.24, 2.45) is 71.0 Å². The summed E-state index contributed by atoms with van der Waals surface area (Å²) >= 11 is 0. The highest BCUT2D eigenvalue weighted by atomic mass is 15.0. The first-order valence-electron chi connectivity index (χ1n) is 25.1. The van der Waals surface area contributed by atoms with E-state index in [1.807, 2.05) is 0 Å². The van der Waals surface area contributed by atoms with Crippen LogP contribution in [0, 0.1) is 71.0 Å². The van der Waals surface area contributed by atoms with E-state index < -0.39 is 0 Å². The minimum Gasteiger partial charge on any atom is -0.314 e. The van der Waals surface area contributed by atoms with Crippen LogP contribution < -0.4 is 31.9 Å². The quantitative estimate of drug-likeness (QED) is 0.146. The second-order valence-electron chi connectivity index (χ2n) is 22.2. The lowest BCUT2D eigenvalue weighted by Crippen LogP contribution is -2.47. The normalized spacial score (nSPS) is 52.0. The molecule has 4 saturated carbocycles. The summed E-state index contributed by atoms with van der Waals surface area (Å²) < 4.78 is 0. The second-order valence-corrected chi connectivity index (χ2v) is 22.2. The zero-order valence-corrected chi connectivity index (χ0v) is 34.6. The Labute approximate surface area is 331 Å². The molecule has 6 N–H and O–H groups in total. The van der Waals surface area contributed by atoms with Gasteiger partial charge in [0.05, 0.1) is 0 Å². The molecule has 10 rings (SSSR count). The maximum Gasteiger partial charge on any atom is 0.00960 e. The standard InChI is InChI=1S/C48H84N6/c1-7-43(49-13-1)37-21-31(19-33(23-37)35-25-39(45-9-3-15-51-45)29-40(26-35)46-10-4-16-52-46)32-20-34(24-38(22-32)44-8-2-14-50-44)36-27-41(47-11-5-17-53-47)30-42(28-36)48-12-6-18-54-48/h31-54H,1-30H2. The van der Waals surface area contributed by atoms with E-state index in [1.54, 1.807) is 64.2 Å². The Hall–Kier alpha value is -0.240. The largest absolute Gasteiger partial charge is 0.314 e. The molecular weight excluding hydrogens is 661 g/mol. The summed E-state index contributed by atoms with van der Waals surface area (Å²) in [5.74, 6) is 11.4. The molecule has 6 saturated heterocycles. The highest BCUT2D eigenvalue weighted by Crippen LogP contribution is 2.55. The molecule has 4 aliphatic carbocycles. The molecule has 0 aromatic rings. The van der Waals surface area contributed by atoms with Crippen molar-refractivity contribution in [1.82, 2.24) is 31.9 Å². The van der Waals surface area contributed by atoms with Crippen LogP contribution in [-0.2, 0) is 0 Å². The summed E-state index contributed by atoms with van der Waals surface area (Å²) in [5.41, 5.74) is 0. The summed E-state index contributed by atoms with van der Waals surface area (Å²) in [6, 6.07) is 4.85. The minimum absolute atomic E-state index is 0.808. The summed E-state index contributed by atoms with van der Waals surface area (Å²) in [7, 11) is 0. The number of hydrogen-bond donors (Lipinski definition) is 6. The van der Waals surface area contributed by atoms with Crippen LogP contribution >= 0.6 is 0 Å². The molecule has 10 aliphatic rings. The van der Waals surface area contributed by atoms with E-state index in [2.05, 4.69) is 31.9 Å². The summed E-state index contributed by atoms with van der Waals surface area (Å²) in [6.07, 6.45) is 35.7. The molecule has 16 unspecified atom stereocenters. The Balaban J connectivity index is 0.909. The molecule has 6 heterocycles. The van der Waals surface area contributed by atoms with Gasteiger partial charge < -0.3 is 31.9 Å². The fraction of sp³-hybridized carbons (Fsp3) is 1.00. The van der Waals surface area contributed by atoms with Gasteiger partial charge in [0, 0.05) is 36.3 Å². The Morgan fingerprint density at radius 2 is 0.333 bits per heavy atom. The van der Waals surface area contributed by atoms with Crippen LogP contribution in [-0.4, -0.2) is 75.5 Å². The van der Waals surface area contributed by atoms with Gasteiger partial charge in [-0.3, -0.25) is 0 Å². The van der Waals surface area contributed by atoms with Gasteiger partial charge in [-0.2, -0.15) is 0 Å². The third-order valence-corrected chi connectivity index (χ3v) is 19.3. The Morgan fingerprint density at radius 1 is 0.185 bits per heavy atom. The van der Waals surface area contributed by atoms with Crippen LogP contribution in [0.4, 0.5) is 0 Å². The van der Waals surface area contributed by atoms with Gasteiger partial charge in [-0.15, -0.1) is 0 Å². The van der Waals surface area contributed by atoms with Gasteiger partial charge in [-0.25, -0.2) is 0 Å². The fourth-order valence-corrected chi connectivity index (χ4v) is 16.8. The highest BCUT2D eigenvalue weighted by molar-refractivity contribution is 5.02. The van der Waals surface area contributed by atoms with Crippen molar-refractivity contribution in [2.75, 3.05) is 39.3 Å². The van der Waals surface area contributed by atoms with Gasteiger partial charge in [-0.1, -0.05) is 0 Å². The number of rotatable bonds is 9. The van der Waals surface area contributed by atoms with Crippen LogP contribution in [0.1, 0.15) is 154 Å². The van der Waals surface area contributed by atoms with E-state index in [-0.39, 0.29) is 0 Å². The number of nitrogens with one attached hydrogen (secondary N) is 6. The van der Waals surface area contributed by atoms with E-state index >= 15 is 0 Å². The molecule has 0 aromatic carbocycles. The van der Waals surface area contributed by atoms with Crippen molar-refractivity contribution in [1.29, 1.82) is 0 Å². The molecule has 0 spiro atoms. The Morgan fingerprint density at radius 3 is 0.481 bits per heavy atom. The predicted octanol–water partition coefficient (Wildman–Crippen LogP) is 7.63. The van der Waals surface area contributed by atoms with Gasteiger partial charge in [0.25, 0.3) is 0 Å². The van der Waals surface area contributed by atoms with E-state index in [9.17, 15) is 0 Å². The van der Waals surface area contributed by atoms with Crippen LogP contribution in [0.3, 0.4) is 0 Å². The molecule has 6 nitrogen and oxygen atoms in total. The average molecular weight is 745 g/mol. The molecule has 0 bridgehead atoms. The van der Waals surface area contributed by atoms with Crippen molar-refractivity contribution in [3.63, 3.8) is 0 Å². The van der Waals surface area contributed by atoms with Gasteiger partial charge in [0.2, 0.25) is 0 Å². The van der Waals surface area contributed by atoms with Crippen molar-refractivity contribution in [3.05, 3.63) is 0 Å². The third kappa shape index (κ3) is 8.43. The van der Waals surface area contributed by atoms with Crippen molar-refractivity contribution >= 4 is 0 Å². The van der Waals surface area contributed by atoms with Crippen LogP contribution in [0.2, 0.25) is 0 Å². The maximum atomic E-state index is 4.12. The monoisotopic (exact) mass is 745 g/mol. The molecule has 0 amide bonds. The molecule has 0 radical (unpaired) electrons. The van der Waals surface area contributed by atoms with Crippen molar-refractivity contribution < 1.29 is 0 Å². The molecule has 10 fully saturated rings. The lowest BCUT2D eigenvalue weighted by molar-refractivity contribution is 0.000567. The van der Waals surface area contributed by atoms with Gasteiger partial charge >= 0.3 is 0 Å². The number of hydrogen-bond acceptors (Lipinski definition) is 6. The second kappa shape index (κ2) is 17.5. The van der Waals surface area contributed by atoms with Crippen LogP contribution in [0.5, 0.6) is 0 Å². The smallest absolute Gasteiger partial charge is 0.00960 e. The maximum absolute atomic E-state index is 4.12. The SMILES string of the molecule is C1CNC(C2CC(C3CC(C4CC(C5CCCN5)CC(C5CCCN5)C4)CC(C4CCCN4)C3)CC(C3CC(C4CCCN4)CC(C4CCCN4)C3)C2)C1. The average Bonchev–Trinajstić information content (AvgIpc) is 4.09. The molecule has 54 heavy (non-hydrogen) atoms. The zero-order valence-electron chi connectivity index (χ0n) is 34.6. The molecule has 6 heteroatoms. The highest BCUT2D eigenvalue weighted by Gasteiger charge is 2.49. The predicted molar refractivity (Wildman–Crippen MR) is 223 cm³/mol. The lowest BCUT2D eigenvalue weighted by Gasteiger charge is -2.51. The first-order chi connectivity index (χ1) is 26.7. The van der Waals surface area contributed by atoms with E-state index in [0.29, 0.717) is 0 Å². The van der Waals surface area contributed by atoms with Gasteiger partial charge in [0.15, 0.2) is 0 Å². The Kier molecular flexibility index (Phi) is 12.3. The summed E-state index contributed by atoms with van der Waals surface area (Å²) in [6.45, 7) is 7.65. The van der Waals surface area contributed by atoms with Crippen molar-refractivity contribution in [3.8, 4) is 0 Å². The minimum atomic E-state index is 0.808. The van der Waals surface area contributed by atoms with Gasteiger partial charge in [-0.05, 0) is 264 Å². The molecular formula is C48H84N6. The van der Waals surface area contributed by atoms with E-state index in [4.69, 9.17) is 0 Å². The summed E-state index contributed by atoms with van der Waals surface area (Å²) in [5, 5.41) is 24.4. The van der Waals surface area contributed by atoms with Crippen LogP contribution in [0.25, 0.3) is 0 Å². The lowest BCUT2D eigenvalue weighted by atomic mass is 9.55. The fourth-order valence-electron chi connectivity index (χ4n) is 16.8. The summed E-state index contributed by atoms with van der Waals surface area (Å²) in [4.78, 5) is 0. The van der Waals surface area contributed by atoms with Gasteiger partial charge in [0.1, 0.15) is 0 Å². The topological polar surface area (TPSA) is 72.2 Å². The molecule has 16 atom stereocenters. The van der Waals surface area contributed by atoms with E-state index in [0.717, 1.165) is 107 Å².